The first-order valence-corrected chi connectivity index (χ1v) is 3.97. The molecule has 0 amide bonds. The highest BCUT2D eigenvalue weighted by molar-refractivity contribution is 5.19. The van der Waals surface area contributed by atoms with Crippen LogP contribution in [0.2, 0.25) is 0 Å². The van der Waals surface area contributed by atoms with Gasteiger partial charge in [0.25, 0.3) is 0 Å². The molecule has 58 valence electrons. The van der Waals surface area contributed by atoms with Crippen molar-refractivity contribution >= 4 is 0 Å². The topological polar surface area (TPSA) is 33.0 Å². The maximum atomic E-state index is 8.83. The van der Waals surface area contributed by atoms with Crippen LogP contribution < -0.4 is 0 Å². The highest BCUT2D eigenvalue weighted by Gasteiger charge is 2.44. The number of hydrogen-bond donors (Lipinski definition) is 0. The molecule has 0 aromatic rings. The van der Waals surface area contributed by atoms with E-state index in [4.69, 9.17) is 10.00 Å². The molecule has 2 heteroatoms. The minimum absolute atomic E-state index is 0.106. The Balaban J connectivity index is 2.23. The molecule has 0 radical (unpaired) electrons. The van der Waals surface area contributed by atoms with Gasteiger partial charge in [-0.1, -0.05) is 12.2 Å². The molecule has 0 aromatic carbocycles. The number of rotatable bonds is 1. The number of fused-ring (bicyclic) bond motifs is 2. The quantitative estimate of drug-likeness (QED) is 0.527. The molecule has 0 saturated heterocycles. The van der Waals surface area contributed by atoms with Crippen molar-refractivity contribution in [1.29, 1.82) is 5.26 Å². The molecule has 0 heterocycles. The van der Waals surface area contributed by atoms with Crippen molar-refractivity contribution in [3.05, 3.63) is 12.2 Å². The second-order valence-corrected chi connectivity index (χ2v) is 3.30. The maximum absolute atomic E-state index is 8.83. The fourth-order valence-electron chi connectivity index (χ4n) is 2.27. The third kappa shape index (κ3) is 0.812. The predicted molar refractivity (Wildman–Crippen MR) is 40.6 cm³/mol. The Labute approximate surface area is 66.5 Å². The number of methoxy groups -OCH3 is 1. The van der Waals surface area contributed by atoms with Gasteiger partial charge in [-0.15, -0.1) is 0 Å². The summed E-state index contributed by atoms with van der Waals surface area (Å²) in [5.41, 5.74) is 0. The van der Waals surface area contributed by atoms with E-state index in [1.54, 1.807) is 7.11 Å². The lowest BCUT2D eigenvalue weighted by Gasteiger charge is -2.20. The Morgan fingerprint density at radius 1 is 1.45 bits per heavy atom. The van der Waals surface area contributed by atoms with E-state index in [1.165, 1.54) is 0 Å². The van der Waals surface area contributed by atoms with Gasteiger partial charge in [-0.2, -0.15) is 5.26 Å². The molecule has 2 bridgehead atoms. The third-order valence-electron chi connectivity index (χ3n) is 2.81. The SMILES string of the molecule is COC1C2C=CC(C2)C1C#N. The fraction of sp³-hybridized carbons (Fsp3) is 0.667. The van der Waals surface area contributed by atoms with Gasteiger partial charge in [0.05, 0.1) is 18.1 Å². The van der Waals surface area contributed by atoms with Crippen molar-refractivity contribution in [1.82, 2.24) is 0 Å². The predicted octanol–water partition coefficient (Wildman–Crippen LogP) is 1.35. The Hall–Kier alpha value is -0.810. The summed E-state index contributed by atoms with van der Waals surface area (Å²) in [4.78, 5) is 0. The largest absolute Gasteiger partial charge is 0.379 e. The summed E-state index contributed by atoms with van der Waals surface area (Å²) in [6.45, 7) is 0. The zero-order valence-electron chi connectivity index (χ0n) is 6.53. The second kappa shape index (κ2) is 2.35. The van der Waals surface area contributed by atoms with Crippen LogP contribution in [0, 0.1) is 29.1 Å². The average Bonchev–Trinajstić information content (AvgIpc) is 2.60. The van der Waals surface area contributed by atoms with Gasteiger partial charge in [0.1, 0.15) is 0 Å². The van der Waals surface area contributed by atoms with Crippen molar-refractivity contribution in [2.24, 2.45) is 17.8 Å². The van der Waals surface area contributed by atoms with Gasteiger partial charge in [-0.05, 0) is 12.3 Å². The van der Waals surface area contributed by atoms with Crippen LogP contribution in [0.1, 0.15) is 6.42 Å². The van der Waals surface area contributed by atoms with Gasteiger partial charge in [-0.3, -0.25) is 0 Å². The number of nitrogens with zero attached hydrogens (tertiary/aromatic N) is 1. The van der Waals surface area contributed by atoms with Crippen molar-refractivity contribution in [3.63, 3.8) is 0 Å². The van der Waals surface area contributed by atoms with Crippen LogP contribution in [0.5, 0.6) is 0 Å². The summed E-state index contributed by atoms with van der Waals surface area (Å²) in [5.74, 6) is 1.08. The molecule has 11 heavy (non-hydrogen) atoms. The van der Waals surface area contributed by atoms with Crippen LogP contribution in [0.4, 0.5) is 0 Å². The van der Waals surface area contributed by atoms with E-state index in [0.29, 0.717) is 11.8 Å². The number of hydrogen-bond acceptors (Lipinski definition) is 2. The van der Waals surface area contributed by atoms with E-state index in [1.807, 2.05) is 0 Å². The normalized spacial score (nSPS) is 46.2. The molecule has 0 spiro atoms. The van der Waals surface area contributed by atoms with Gasteiger partial charge >= 0.3 is 0 Å². The monoisotopic (exact) mass is 149 g/mol. The lowest BCUT2D eigenvalue weighted by Crippen LogP contribution is -2.25. The molecule has 0 aromatic heterocycles. The molecule has 0 aliphatic heterocycles. The van der Waals surface area contributed by atoms with Gasteiger partial charge in [0.15, 0.2) is 0 Å². The van der Waals surface area contributed by atoms with E-state index in [9.17, 15) is 0 Å². The zero-order valence-corrected chi connectivity index (χ0v) is 6.53. The number of ether oxygens (including phenoxy) is 1. The highest BCUT2D eigenvalue weighted by atomic mass is 16.5. The first-order valence-electron chi connectivity index (χ1n) is 3.97. The molecule has 4 unspecified atom stereocenters. The Bertz CT molecular complexity index is 228. The van der Waals surface area contributed by atoms with E-state index in [-0.39, 0.29) is 12.0 Å². The minimum atomic E-state index is 0.106. The Morgan fingerprint density at radius 3 is 2.73 bits per heavy atom. The fourth-order valence-corrected chi connectivity index (χ4v) is 2.27. The first-order chi connectivity index (χ1) is 5.36. The Kier molecular flexibility index (Phi) is 1.47. The molecule has 2 rings (SSSR count). The summed E-state index contributed by atoms with van der Waals surface area (Å²) in [5, 5.41) is 8.83. The molecule has 2 aliphatic rings. The molecule has 2 aliphatic carbocycles. The standard InChI is InChI=1S/C9H11NO/c1-11-9-7-3-2-6(4-7)8(9)5-10/h2-3,6-9H,4H2,1H3. The Morgan fingerprint density at radius 2 is 2.18 bits per heavy atom. The highest BCUT2D eigenvalue weighted by Crippen LogP contribution is 2.44. The van der Waals surface area contributed by atoms with Crippen LogP contribution >= 0.6 is 0 Å². The van der Waals surface area contributed by atoms with Gasteiger partial charge < -0.3 is 4.74 Å². The summed E-state index contributed by atoms with van der Waals surface area (Å²) in [6, 6.07) is 2.32. The molecule has 0 N–H and O–H groups in total. The van der Waals surface area contributed by atoms with Crippen molar-refractivity contribution in [2.75, 3.05) is 7.11 Å². The molecule has 1 fully saturated rings. The zero-order chi connectivity index (χ0) is 7.84. The summed E-state index contributed by atoms with van der Waals surface area (Å²) in [6.07, 6.45) is 5.63. The lowest BCUT2D eigenvalue weighted by molar-refractivity contribution is 0.0604. The minimum Gasteiger partial charge on any atom is -0.379 e. The summed E-state index contributed by atoms with van der Waals surface area (Å²) >= 11 is 0. The number of nitriles is 1. The molecule has 1 saturated carbocycles. The number of allylic oxidation sites excluding steroid dienone is 1. The smallest absolute Gasteiger partial charge is 0.0797 e. The maximum Gasteiger partial charge on any atom is 0.0797 e. The van der Waals surface area contributed by atoms with Gasteiger partial charge in [-0.25, -0.2) is 0 Å². The van der Waals surface area contributed by atoms with E-state index >= 15 is 0 Å². The second-order valence-electron chi connectivity index (χ2n) is 3.30. The molecule has 2 nitrogen and oxygen atoms in total. The van der Waals surface area contributed by atoms with E-state index < -0.39 is 0 Å². The molecule has 4 atom stereocenters. The summed E-state index contributed by atoms with van der Waals surface area (Å²) in [7, 11) is 1.70. The van der Waals surface area contributed by atoms with Crippen molar-refractivity contribution < 1.29 is 4.74 Å². The molecular weight excluding hydrogens is 138 g/mol. The van der Waals surface area contributed by atoms with E-state index in [2.05, 4.69) is 18.2 Å². The summed E-state index contributed by atoms with van der Waals surface area (Å²) < 4.78 is 5.27. The van der Waals surface area contributed by atoms with Crippen LogP contribution in [0.15, 0.2) is 12.2 Å². The lowest BCUT2D eigenvalue weighted by atomic mass is 9.92. The van der Waals surface area contributed by atoms with Crippen molar-refractivity contribution in [2.45, 2.75) is 12.5 Å². The van der Waals surface area contributed by atoms with Crippen LogP contribution in [-0.2, 0) is 4.74 Å². The van der Waals surface area contributed by atoms with Gasteiger partial charge in [0.2, 0.25) is 0 Å². The molecular formula is C9H11NO. The third-order valence-corrected chi connectivity index (χ3v) is 2.81. The van der Waals surface area contributed by atoms with Crippen LogP contribution in [0.3, 0.4) is 0 Å². The van der Waals surface area contributed by atoms with E-state index in [0.717, 1.165) is 6.42 Å². The van der Waals surface area contributed by atoms with Crippen molar-refractivity contribution in [3.8, 4) is 6.07 Å². The average molecular weight is 149 g/mol. The first kappa shape index (κ1) is 6.87. The van der Waals surface area contributed by atoms with Crippen LogP contribution in [0.25, 0.3) is 0 Å². The van der Waals surface area contributed by atoms with Gasteiger partial charge in [0, 0.05) is 13.0 Å². The van der Waals surface area contributed by atoms with Crippen LogP contribution in [-0.4, -0.2) is 13.2 Å².